The van der Waals surface area contributed by atoms with Crippen LogP contribution < -0.4 is 9.46 Å². The first-order valence-corrected chi connectivity index (χ1v) is 12.2. The smallest absolute Gasteiger partial charge is 0.209 e. The summed E-state index contributed by atoms with van der Waals surface area (Å²) in [6, 6.07) is 3.91. The van der Waals surface area contributed by atoms with Gasteiger partial charge in [-0.1, -0.05) is 19.9 Å². The van der Waals surface area contributed by atoms with E-state index in [2.05, 4.69) is 50.4 Å². The zero-order valence-corrected chi connectivity index (χ0v) is 19.6. The highest BCUT2D eigenvalue weighted by Crippen LogP contribution is 2.26. The second-order valence-electron chi connectivity index (χ2n) is 8.51. The summed E-state index contributed by atoms with van der Waals surface area (Å²) in [5, 5.41) is 8.73. The number of nitrogens with one attached hydrogen (secondary N) is 1. The van der Waals surface area contributed by atoms with Crippen LogP contribution in [0, 0.1) is 19.8 Å². The van der Waals surface area contributed by atoms with Crippen molar-refractivity contribution < 1.29 is 13.2 Å². The van der Waals surface area contributed by atoms with Crippen molar-refractivity contribution >= 4 is 10.0 Å². The molecule has 9 heteroatoms. The average molecular weight is 436 g/mol. The van der Waals surface area contributed by atoms with E-state index in [0.29, 0.717) is 5.82 Å². The highest BCUT2D eigenvalue weighted by molar-refractivity contribution is 7.88. The number of hydrogen-bond donors (Lipinski definition) is 1. The summed E-state index contributed by atoms with van der Waals surface area (Å²) >= 11 is 0. The van der Waals surface area contributed by atoms with E-state index >= 15 is 0 Å². The third-order valence-corrected chi connectivity index (χ3v) is 6.36. The second-order valence-corrected chi connectivity index (χ2v) is 10.3. The largest absolute Gasteiger partial charge is 0.496 e. The highest BCUT2D eigenvalue weighted by Gasteiger charge is 2.28. The lowest BCUT2D eigenvalue weighted by atomic mass is 10.0. The number of sulfonamides is 1. The van der Waals surface area contributed by atoms with Crippen molar-refractivity contribution in [3.63, 3.8) is 0 Å². The van der Waals surface area contributed by atoms with Crippen molar-refractivity contribution in [1.82, 2.24) is 24.4 Å². The summed E-state index contributed by atoms with van der Waals surface area (Å²) in [4.78, 5) is 2.42. The molecule has 0 amide bonds. The molecule has 0 fully saturated rings. The Kier molecular flexibility index (Phi) is 6.84. The van der Waals surface area contributed by atoms with E-state index in [0.717, 1.165) is 49.7 Å². The highest BCUT2D eigenvalue weighted by atomic mass is 32.2. The summed E-state index contributed by atoms with van der Waals surface area (Å²) in [5.41, 5.74) is 3.66. The fourth-order valence-corrected chi connectivity index (χ4v) is 4.81. The number of rotatable bonds is 7. The lowest BCUT2D eigenvalue weighted by molar-refractivity contribution is 0.268. The second kappa shape index (κ2) is 9.03. The van der Waals surface area contributed by atoms with Gasteiger partial charge in [-0.25, -0.2) is 13.1 Å². The van der Waals surface area contributed by atoms with Gasteiger partial charge in [0.2, 0.25) is 10.0 Å². The van der Waals surface area contributed by atoms with Gasteiger partial charge in [0.1, 0.15) is 11.6 Å². The fraction of sp³-hybridized carbons (Fsp3) is 0.619. The van der Waals surface area contributed by atoms with Gasteiger partial charge in [0.15, 0.2) is 5.82 Å². The summed E-state index contributed by atoms with van der Waals surface area (Å²) in [6.45, 7) is 11.5. The predicted molar refractivity (Wildman–Crippen MR) is 117 cm³/mol. The molecule has 1 unspecified atom stereocenters. The average Bonchev–Trinajstić information content (AvgIpc) is 2.95. The molecule has 0 aliphatic carbocycles. The molecule has 166 valence electrons. The maximum absolute atomic E-state index is 11.9. The molecule has 0 saturated carbocycles. The summed E-state index contributed by atoms with van der Waals surface area (Å²) in [7, 11) is -1.65. The monoisotopic (exact) mass is 435 g/mol. The molecule has 2 heterocycles. The molecule has 8 nitrogen and oxygen atoms in total. The van der Waals surface area contributed by atoms with E-state index in [1.807, 2.05) is 13.8 Å². The number of hydrogen-bond acceptors (Lipinski definition) is 6. The van der Waals surface area contributed by atoms with Crippen LogP contribution in [0.4, 0.5) is 0 Å². The molecule has 0 bridgehead atoms. The maximum atomic E-state index is 11.9. The quantitative estimate of drug-likeness (QED) is 0.717. The van der Waals surface area contributed by atoms with Crippen LogP contribution in [-0.2, 0) is 29.5 Å². The molecule has 1 aliphatic heterocycles. The van der Waals surface area contributed by atoms with E-state index in [9.17, 15) is 8.42 Å². The molecular formula is C21H33N5O3S. The van der Waals surface area contributed by atoms with Crippen LogP contribution in [0.3, 0.4) is 0 Å². The molecule has 1 aliphatic rings. The molecule has 0 saturated heterocycles. The van der Waals surface area contributed by atoms with E-state index in [4.69, 9.17) is 4.74 Å². The molecule has 1 N–H and O–H groups in total. The van der Waals surface area contributed by atoms with Crippen molar-refractivity contribution in [2.24, 2.45) is 5.92 Å². The Morgan fingerprint density at radius 3 is 2.50 bits per heavy atom. The van der Waals surface area contributed by atoms with Crippen LogP contribution in [0.25, 0.3) is 0 Å². The van der Waals surface area contributed by atoms with Gasteiger partial charge in [-0.15, -0.1) is 10.2 Å². The predicted octanol–water partition coefficient (Wildman–Crippen LogP) is 2.21. The van der Waals surface area contributed by atoms with E-state index < -0.39 is 10.0 Å². The number of methoxy groups -OCH3 is 1. The Morgan fingerprint density at radius 2 is 1.87 bits per heavy atom. The summed E-state index contributed by atoms with van der Waals surface area (Å²) in [6.07, 6.45) is 1.97. The molecule has 1 atom stereocenters. The normalized spacial score (nSPS) is 16.4. The van der Waals surface area contributed by atoms with Gasteiger partial charge < -0.3 is 9.30 Å². The van der Waals surface area contributed by atoms with Gasteiger partial charge in [0.05, 0.1) is 19.4 Å². The zero-order valence-electron chi connectivity index (χ0n) is 18.8. The Morgan fingerprint density at radius 1 is 1.13 bits per heavy atom. The van der Waals surface area contributed by atoms with Gasteiger partial charge in [0.25, 0.3) is 0 Å². The van der Waals surface area contributed by atoms with Crippen molar-refractivity contribution in [3.05, 3.63) is 40.5 Å². The number of aromatic nitrogens is 3. The zero-order chi connectivity index (χ0) is 22.1. The van der Waals surface area contributed by atoms with E-state index in [-0.39, 0.29) is 12.0 Å². The van der Waals surface area contributed by atoms with E-state index in [1.54, 1.807) is 7.11 Å². The first-order valence-electron chi connectivity index (χ1n) is 10.3. The minimum atomic E-state index is -3.35. The first-order chi connectivity index (χ1) is 14.1. The van der Waals surface area contributed by atoms with Crippen LogP contribution in [0.1, 0.15) is 48.2 Å². The third kappa shape index (κ3) is 5.19. The van der Waals surface area contributed by atoms with E-state index in [1.165, 1.54) is 17.4 Å². The van der Waals surface area contributed by atoms with Crippen LogP contribution in [0.2, 0.25) is 0 Å². The number of aryl methyl sites for hydroxylation is 2. The third-order valence-electron chi connectivity index (χ3n) is 5.68. The number of nitrogens with zero attached hydrogens (tertiary/aromatic N) is 4. The Hall–Kier alpha value is -1.97. The number of fused-ring (bicyclic) bond motifs is 1. The van der Waals surface area contributed by atoms with Crippen LogP contribution in [-0.4, -0.2) is 54.5 Å². The van der Waals surface area contributed by atoms with Gasteiger partial charge in [-0.2, -0.15) is 0 Å². The SMILES string of the molecule is COc1cc(C)c(CN2CCc3nnc(C(NS(C)(=O)=O)C(C)C)n3CC2)cc1C. The molecule has 1 aromatic carbocycles. The standard InChI is InChI=1S/C21H33N5O3S/c1-14(2)20(24-30(6,27)28)21-23-22-19-7-8-25(9-10-26(19)21)13-17-11-16(4)18(29-5)12-15(17)3/h11-12,14,20,24H,7-10,13H2,1-6H3. The van der Waals surface area contributed by atoms with Crippen molar-refractivity contribution in [2.45, 2.75) is 53.2 Å². The summed E-state index contributed by atoms with van der Waals surface area (Å²) in [5.74, 6) is 2.60. The van der Waals surface area contributed by atoms with Gasteiger partial charge in [0, 0.05) is 32.6 Å². The lowest BCUT2D eigenvalue weighted by Gasteiger charge is -2.23. The number of benzene rings is 1. The lowest BCUT2D eigenvalue weighted by Crippen LogP contribution is -2.33. The minimum absolute atomic E-state index is 0.0669. The first kappa shape index (κ1) is 22.7. The fourth-order valence-electron chi connectivity index (χ4n) is 3.98. The minimum Gasteiger partial charge on any atom is -0.496 e. The maximum Gasteiger partial charge on any atom is 0.209 e. The van der Waals surface area contributed by atoms with Crippen molar-refractivity contribution in [1.29, 1.82) is 0 Å². The summed E-state index contributed by atoms with van der Waals surface area (Å²) < 4.78 is 34.0. The number of ether oxygens (including phenoxy) is 1. The van der Waals surface area contributed by atoms with Crippen LogP contribution in [0.15, 0.2) is 12.1 Å². The molecule has 3 rings (SSSR count). The Bertz CT molecular complexity index is 1000. The molecule has 30 heavy (non-hydrogen) atoms. The molecular weight excluding hydrogens is 402 g/mol. The molecule has 0 spiro atoms. The Labute approximate surface area is 179 Å². The van der Waals surface area contributed by atoms with Crippen molar-refractivity contribution in [2.75, 3.05) is 26.5 Å². The van der Waals surface area contributed by atoms with Gasteiger partial charge >= 0.3 is 0 Å². The molecule has 0 radical (unpaired) electrons. The molecule has 1 aromatic heterocycles. The van der Waals surface area contributed by atoms with Gasteiger partial charge in [-0.05, 0) is 42.5 Å². The Balaban J connectivity index is 1.77. The van der Waals surface area contributed by atoms with Crippen molar-refractivity contribution in [3.8, 4) is 5.75 Å². The van der Waals surface area contributed by atoms with Crippen LogP contribution >= 0.6 is 0 Å². The van der Waals surface area contributed by atoms with Gasteiger partial charge in [-0.3, -0.25) is 4.90 Å². The topological polar surface area (TPSA) is 89.3 Å². The molecule has 2 aromatic rings. The van der Waals surface area contributed by atoms with Crippen LogP contribution in [0.5, 0.6) is 5.75 Å².